The minimum atomic E-state index is -3.76. The zero-order valence-electron chi connectivity index (χ0n) is 14.3. The first kappa shape index (κ1) is 19.1. The number of sulfonamides is 1. The average molecular weight is 402 g/mol. The summed E-state index contributed by atoms with van der Waals surface area (Å²) in [5.41, 5.74) is 4.22. The number of ether oxygens (including phenoxy) is 1. The summed E-state index contributed by atoms with van der Waals surface area (Å²) in [7, 11) is -3.76. The van der Waals surface area contributed by atoms with E-state index in [9.17, 15) is 13.2 Å². The Morgan fingerprint density at radius 3 is 2.44 bits per heavy atom. The lowest BCUT2D eigenvalue weighted by atomic mass is 10.0. The second-order valence-corrected chi connectivity index (χ2v) is 8.50. The van der Waals surface area contributed by atoms with Crippen molar-refractivity contribution in [2.75, 3.05) is 6.61 Å². The van der Waals surface area contributed by atoms with E-state index in [0.717, 1.165) is 22.5 Å². The minimum Gasteiger partial charge on any atom is -0.483 e. The van der Waals surface area contributed by atoms with E-state index in [-0.39, 0.29) is 10.8 Å². The molecule has 0 saturated heterocycles. The van der Waals surface area contributed by atoms with Crippen molar-refractivity contribution in [2.24, 2.45) is 0 Å². The quantitative estimate of drug-likeness (QED) is 0.568. The third-order valence-electron chi connectivity index (χ3n) is 3.65. The van der Waals surface area contributed by atoms with Crippen LogP contribution in [0, 0.1) is 0 Å². The van der Waals surface area contributed by atoms with Gasteiger partial charge >= 0.3 is 0 Å². The molecule has 3 aromatic rings. The van der Waals surface area contributed by atoms with Crippen LogP contribution in [0.2, 0.25) is 0 Å². The van der Waals surface area contributed by atoms with Gasteiger partial charge in [-0.25, -0.2) is 8.42 Å². The molecule has 0 bridgehead atoms. The molecular weight excluding hydrogens is 384 g/mol. The molecule has 0 radical (unpaired) electrons. The fraction of sp³-hybridized carbons (Fsp3) is 0.105. The van der Waals surface area contributed by atoms with E-state index >= 15 is 0 Å². The number of nitrogens with one attached hydrogen (secondary N) is 2. The molecule has 0 fully saturated rings. The van der Waals surface area contributed by atoms with Crippen molar-refractivity contribution in [3.63, 3.8) is 0 Å². The van der Waals surface area contributed by atoms with Crippen LogP contribution in [0.1, 0.15) is 11.1 Å². The van der Waals surface area contributed by atoms with E-state index in [2.05, 4.69) is 10.3 Å². The van der Waals surface area contributed by atoms with Crippen molar-refractivity contribution in [3.8, 4) is 5.75 Å². The van der Waals surface area contributed by atoms with E-state index in [1.807, 2.05) is 48.5 Å². The summed E-state index contributed by atoms with van der Waals surface area (Å²) in [5, 5.41) is 1.64. The van der Waals surface area contributed by atoms with Crippen molar-refractivity contribution < 1.29 is 17.9 Å². The third kappa shape index (κ3) is 5.40. The molecule has 1 heterocycles. The summed E-state index contributed by atoms with van der Waals surface area (Å²) in [6.45, 7) is -0.307. The Kier molecular flexibility index (Phi) is 6.23. The van der Waals surface area contributed by atoms with Crippen molar-refractivity contribution in [2.45, 2.75) is 10.6 Å². The molecule has 140 valence electrons. The Hall–Kier alpha value is -2.68. The molecule has 0 atom stereocenters. The van der Waals surface area contributed by atoms with Crippen molar-refractivity contribution in [1.29, 1.82) is 0 Å². The topological polar surface area (TPSA) is 84.5 Å². The van der Waals surface area contributed by atoms with Gasteiger partial charge in [-0.3, -0.25) is 10.2 Å². The number of hydrogen-bond donors (Lipinski definition) is 2. The van der Waals surface area contributed by atoms with Crippen molar-refractivity contribution in [1.82, 2.24) is 10.3 Å². The number of benzene rings is 2. The molecule has 0 aliphatic carbocycles. The summed E-state index contributed by atoms with van der Waals surface area (Å²) in [6.07, 6.45) is 0.670. The van der Waals surface area contributed by atoms with Gasteiger partial charge in [0.1, 0.15) is 9.96 Å². The van der Waals surface area contributed by atoms with Crippen LogP contribution in [-0.4, -0.2) is 20.9 Å². The largest absolute Gasteiger partial charge is 0.483 e. The number of hydrazine groups is 1. The molecule has 2 N–H and O–H groups in total. The summed E-state index contributed by atoms with van der Waals surface area (Å²) in [4.78, 5) is 14.0. The van der Waals surface area contributed by atoms with Crippen LogP contribution >= 0.6 is 11.3 Å². The number of rotatable bonds is 8. The highest BCUT2D eigenvalue weighted by Gasteiger charge is 2.16. The minimum absolute atomic E-state index is 0.122. The Morgan fingerprint density at radius 2 is 1.70 bits per heavy atom. The van der Waals surface area contributed by atoms with Gasteiger partial charge < -0.3 is 4.74 Å². The van der Waals surface area contributed by atoms with E-state index in [1.165, 1.54) is 6.07 Å². The number of hydrogen-bond acceptors (Lipinski definition) is 5. The Labute approximate surface area is 161 Å². The van der Waals surface area contributed by atoms with Gasteiger partial charge in [-0.15, -0.1) is 16.2 Å². The number of carbonyl (C=O) groups is 1. The van der Waals surface area contributed by atoms with E-state index in [1.54, 1.807) is 17.5 Å². The molecule has 0 spiro atoms. The Bertz CT molecular complexity index is 988. The lowest BCUT2D eigenvalue weighted by molar-refractivity contribution is -0.123. The van der Waals surface area contributed by atoms with Gasteiger partial charge in [0.15, 0.2) is 6.61 Å². The van der Waals surface area contributed by atoms with Crippen LogP contribution in [0.5, 0.6) is 5.75 Å². The van der Waals surface area contributed by atoms with Crippen LogP contribution in [0.25, 0.3) is 0 Å². The third-order valence-corrected chi connectivity index (χ3v) is 6.30. The maximum absolute atomic E-state index is 12.0. The highest BCUT2D eigenvalue weighted by molar-refractivity contribution is 7.91. The molecule has 0 saturated carbocycles. The number of carbonyl (C=O) groups excluding carboxylic acids is 1. The molecule has 2 aromatic carbocycles. The maximum Gasteiger partial charge on any atom is 0.272 e. The molecule has 3 rings (SSSR count). The molecule has 27 heavy (non-hydrogen) atoms. The van der Waals surface area contributed by atoms with Crippen LogP contribution in [-0.2, 0) is 21.2 Å². The van der Waals surface area contributed by atoms with Crippen LogP contribution in [0.3, 0.4) is 0 Å². The summed E-state index contributed by atoms with van der Waals surface area (Å²) >= 11 is 1.06. The van der Waals surface area contributed by atoms with Gasteiger partial charge in [0.05, 0.1) is 0 Å². The second-order valence-electron chi connectivity index (χ2n) is 5.64. The van der Waals surface area contributed by atoms with Crippen LogP contribution in [0.4, 0.5) is 0 Å². The second kappa shape index (κ2) is 8.81. The Morgan fingerprint density at radius 1 is 0.963 bits per heavy atom. The molecular formula is C19H18N2O4S2. The number of amides is 1. The molecule has 0 aliphatic heterocycles. The van der Waals surface area contributed by atoms with Gasteiger partial charge in [0, 0.05) is 6.42 Å². The molecule has 6 nitrogen and oxygen atoms in total. The number of para-hydroxylation sites is 1. The van der Waals surface area contributed by atoms with Gasteiger partial charge in [-0.05, 0) is 28.6 Å². The van der Waals surface area contributed by atoms with Crippen molar-refractivity contribution in [3.05, 3.63) is 83.2 Å². The number of thiophene rings is 1. The summed E-state index contributed by atoms with van der Waals surface area (Å²) in [5.74, 6) is -0.0118. The molecule has 1 amide bonds. The average Bonchev–Trinajstić information content (AvgIpc) is 3.22. The fourth-order valence-corrected chi connectivity index (χ4v) is 4.23. The highest BCUT2D eigenvalue weighted by Crippen LogP contribution is 2.21. The lowest BCUT2D eigenvalue weighted by Crippen LogP contribution is -2.43. The lowest BCUT2D eigenvalue weighted by Gasteiger charge is -2.12. The van der Waals surface area contributed by atoms with Gasteiger partial charge in [-0.1, -0.05) is 54.6 Å². The van der Waals surface area contributed by atoms with Crippen LogP contribution < -0.4 is 15.0 Å². The zero-order valence-corrected chi connectivity index (χ0v) is 15.9. The molecule has 8 heteroatoms. The smallest absolute Gasteiger partial charge is 0.272 e. The van der Waals surface area contributed by atoms with Gasteiger partial charge in [0.25, 0.3) is 15.9 Å². The van der Waals surface area contributed by atoms with Gasteiger partial charge in [0.2, 0.25) is 0 Å². The van der Waals surface area contributed by atoms with E-state index < -0.39 is 15.9 Å². The summed E-state index contributed by atoms with van der Waals surface area (Å²) in [6, 6.07) is 20.4. The molecule has 0 unspecified atom stereocenters. The van der Waals surface area contributed by atoms with Crippen molar-refractivity contribution >= 4 is 27.3 Å². The van der Waals surface area contributed by atoms with Gasteiger partial charge in [-0.2, -0.15) is 0 Å². The first-order valence-electron chi connectivity index (χ1n) is 8.13. The van der Waals surface area contributed by atoms with E-state index in [0.29, 0.717) is 12.2 Å². The Balaban J connectivity index is 1.56. The molecule has 1 aromatic heterocycles. The maximum atomic E-state index is 12.0. The highest BCUT2D eigenvalue weighted by atomic mass is 32.2. The standard InChI is InChI=1S/C19H18N2O4S2/c22-18(20-21-27(23,24)19-11-6-12-26-19)14-25-17-10-5-4-9-16(17)13-15-7-2-1-3-8-15/h1-12,21H,13-14H2,(H,20,22). The fourth-order valence-electron chi connectivity index (χ4n) is 2.38. The predicted octanol–water partition coefficient (Wildman–Crippen LogP) is 2.73. The van der Waals surface area contributed by atoms with E-state index in [4.69, 9.17) is 4.74 Å². The van der Waals surface area contributed by atoms with Crippen LogP contribution in [0.15, 0.2) is 76.3 Å². The predicted molar refractivity (Wildman–Crippen MR) is 104 cm³/mol. The SMILES string of the molecule is O=C(COc1ccccc1Cc1ccccc1)NNS(=O)(=O)c1cccs1. The first-order valence-corrected chi connectivity index (χ1v) is 10.5. The molecule has 0 aliphatic rings. The summed E-state index contributed by atoms with van der Waals surface area (Å²) < 4.78 is 29.7. The monoisotopic (exact) mass is 402 g/mol. The zero-order chi connectivity index (χ0) is 19.1. The first-order chi connectivity index (χ1) is 13.0. The normalized spacial score (nSPS) is 11.1.